The Kier molecular flexibility index (Phi) is 7.61. The molecule has 1 heterocycles. The minimum atomic E-state index is -3.49. The van der Waals surface area contributed by atoms with Gasteiger partial charge in [-0.1, -0.05) is 13.8 Å². The fourth-order valence-electron chi connectivity index (χ4n) is 3.36. The predicted octanol–water partition coefficient (Wildman–Crippen LogP) is 3.11. The molecule has 1 aromatic rings. The zero-order valence-corrected chi connectivity index (χ0v) is 16.7. The molecule has 1 N–H and O–H groups in total. The van der Waals surface area contributed by atoms with Crippen LogP contribution in [0.1, 0.15) is 40.0 Å². The highest BCUT2D eigenvalue weighted by Gasteiger charge is 2.31. The van der Waals surface area contributed by atoms with Gasteiger partial charge in [0.05, 0.1) is 4.90 Å². The van der Waals surface area contributed by atoms with E-state index in [9.17, 15) is 13.2 Å². The molecule has 1 aliphatic heterocycles. The van der Waals surface area contributed by atoms with E-state index in [0.717, 1.165) is 6.42 Å². The number of amides is 1. The number of hydrogen-bond donors (Lipinski definition) is 1. The Morgan fingerprint density at radius 3 is 2.38 bits per heavy atom. The van der Waals surface area contributed by atoms with Crippen molar-refractivity contribution in [1.29, 1.82) is 0 Å². The van der Waals surface area contributed by atoms with Crippen molar-refractivity contribution in [2.45, 2.75) is 44.9 Å². The van der Waals surface area contributed by atoms with Gasteiger partial charge in [-0.25, -0.2) is 8.42 Å². The predicted molar refractivity (Wildman–Crippen MR) is 103 cm³/mol. The number of nitrogens with zero attached hydrogens (tertiary/aromatic N) is 1. The number of carbonyl (C=O) groups excluding carboxylic acids is 1. The third-order valence-corrected chi connectivity index (χ3v) is 6.35. The summed E-state index contributed by atoms with van der Waals surface area (Å²) in [7, 11) is -3.49. The van der Waals surface area contributed by atoms with E-state index in [4.69, 9.17) is 4.74 Å². The zero-order valence-electron chi connectivity index (χ0n) is 15.9. The lowest BCUT2D eigenvalue weighted by Crippen LogP contribution is -2.42. The number of ether oxygens (including phenoxy) is 1. The second-order valence-electron chi connectivity index (χ2n) is 7.14. The fourth-order valence-corrected chi connectivity index (χ4v) is 5.04. The Bertz CT molecular complexity index is 678. The summed E-state index contributed by atoms with van der Waals surface area (Å²) in [6.45, 7) is 8.42. The molecule has 0 unspecified atom stereocenters. The van der Waals surface area contributed by atoms with Gasteiger partial charge in [-0.15, -0.1) is 0 Å². The van der Waals surface area contributed by atoms with E-state index in [-0.39, 0.29) is 10.8 Å². The minimum Gasteiger partial charge on any atom is -0.382 e. The Labute approximate surface area is 157 Å². The number of piperidine rings is 1. The molecule has 0 aromatic heterocycles. The molecular formula is C19H30N2O4S. The van der Waals surface area contributed by atoms with Crippen molar-refractivity contribution in [1.82, 2.24) is 4.31 Å². The maximum absolute atomic E-state index is 12.8. The summed E-state index contributed by atoms with van der Waals surface area (Å²) in [5, 5.41) is 2.79. The summed E-state index contributed by atoms with van der Waals surface area (Å²) in [6.07, 6.45) is 2.10. The molecule has 0 spiro atoms. The first kappa shape index (κ1) is 20.9. The van der Waals surface area contributed by atoms with Gasteiger partial charge in [-0.05, 0) is 55.9 Å². The third kappa shape index (κ3) is 5.79. The highest BCUT2D eigenvalue weighted by Crippen LogP contribution is 2.27. The minimum absolute atomic E-state index is 0.0982. The highest BCUT2D eigenvalue weighted by atomic mass is 32.2. The lowest BCUT2D eigenvalue weighted by Gasteiger charge is -2.34. The van der Waals surface area contributed by atoms with E-state index in [1.165, 1.54) is 0 Å². The van der Waals surface area contributed by atoms with E-state index in [1.54, 1.807) is 28.6 Å². The summed E-state index contributed by atoms with van der Waals surface area (Å²) >= 11 is 0. The van der Waals surface area contributed by atoms with Crippen LogP contribution in [0.25, 0.3) is 0 Å². The van der Waals surface area contributed by atoms with Crippen molar-refractivity contribution in [3.63, 3.8) is 0 Å². The summed E-state index contributed by atoms with van der Waals surface area (Å²) in [5.74, 6) is 0.631. The van der Waals surface area contributed by atoms with E-state index in [1.807, 2.05) is 6.92 Å². The molecule has 1 aromatic carbocycles. The smallest absolute Gasteiger partial charge is 0.243 e. The van der Waals surface area contributed by atoms with E-state index in [0.29, 0.717) is 56.7 Å². The van der Waals surface area contributed by atoms with Gasteiger partial charge in [-0.2, -0.15) is 4.31 Å². The van der Waals surface area contributed by atoms with Crippen LogP contribution < -0.4 is 5.32 Å². The molecule has 0 radical (unpaired) electrons. The second kappa shape index (κ2) is 9.48. The quantitative estimate of drug-likeness (QED) is 0.701. The first-order valence-corrected chi connectivity index (χ1v) is 10.7. The number of carbonyl (C=O) groups is 1. The molecule has 1 saturated heterocycles. The molecule has 6 nitrogen and oxygen atoms in total. The number of sulfonamides is 1. The Morgan fingerprint density at radius 2 is 1.81 bits per heavy atom. The average Bonchev–Trinajstić information content (AvgIpc) is 2.58. The van der Waals surface area contributed by atoms with Crippen molar-refractivity contribution in [2.75, 3.05) is 31.6 Å². The molecule has 0 bridgehead atoms. The maximum Gasteiger partial charge on any atom is 0.243 e. The normalized spacial score (nSPS) is 21.5. The SMILES string of the molecule is CCOCCCC(=O)Nc1ccc(S(=O)(=O)N2C[C@H](C)C[C@@H](C)C2)cc1. The van der Waals surface area contributed by atoms with Gasteiger partial charge in [-0.3, -0.25) is 4.79 Å². The van der Waals surface area contributed by atoms with Crippen molar-refractivity contribution in [2.24, 2.45) is 11.8 Å². The van der Waals surface area contributed by atoms with Gasteiger partial charge in [0, 0.05) is 38.4 Å². The van der Waals surface area contributed by atoms with Crippen LogP contribution in [0.15, 0.2) is 29.2 Å². The lowest BCUT2D eigenvalue weighted by atomic mass is 9.94. The van der Waals surface area contributed by atoms with E-state index >= 15 is 0 Å². The topological polar surface area (TPSA) is 75.7 Å². The van der Waals surface area contributed by atoms with Crippen molar-refractivity contribution >= 4 is 21.6 Å². The molecule has 1 amide bonds. The first-order chi connectivity index (χ1) is 12.3. The van der Waals surface area contributed by atoms with Crippen molar-refractivity contribution < 1.29 is 17.9 Å². The molecular weight excluding hydrogens is 352 g/mol. The Balaban J connectivity index is 1.96. The average molecular weight is 383 g/mol. The van der Waals surface area contributed by atoms with Crippen LogP contribution in [0, 0.1) is 11.8 Å². The Hall–Kier alpha value is -1.44. The number of benzene rings is 1. The largest absolute Gasteiger partial charge is 0.382 e. The highest BCUT2D eigenvalue weighted by molar-refractivity contribution is 7.89. The summed E-state index contributed by atoms with van der Waals surface area (Å²) < 4.78 is 32.5. The molecule has 0 saturated carbocycles. The lowest BCUT2D eigenvalue weighted by molar-refractivity contribution is -0.116. The van der Waals surface area contributed by atoms with Crippen LogP contribution in [0.3, 0.4) is 0 Å². The number of anilines is 1. The molecule has 7 heteroatoms. The third-order valence-electron chi connectivity index (χ3n) is 4.51. The van der Waals surface area contributed by atoms with Crippen LogP contribution in [0.4, 0.5) is 5.69 Å². The van der Waals surface area contributed by atoms with E-state index in [2.05, 4.69) is 19.2 Å². The van der Waals surface area contributed by atoms with Crippen molar-refractivity contribution in [3.8, 4) is 0 Å². The fraction of sp³-hybridized carbons (Fsp3) is 0.632. The maximum atomic E-state index is 12.8. The molecule has 146 valence electrons. The van der Waals surface area contributed by atoms with Crippen LogP contribution in [0.5, 0.6) is 0 Å². The molecule has 1 aliphatic rings. The standard InChI is InChI=1S/C19H30N2O4S/c1-4-25-11-5-6-19(22)20-17-7-9-18(10-8-17)26(23,24)21-13-15(2)12-16(3)14-21/h7-10,15-16H,4-6,11-14H2,1-3H3,(H,20,22)/t15-,16-/m1/s1. The van der Waals surface area contributed by atoms with Crippen molar-refractivity contribution in [3.05, 3.63) is 24.3 Å². The first-order valence-electron chi connectivity index (χ1n) is 9.30. The van der Waals surface area contributed by atoms with Gasteiger partial charge in [0.25, 0.3) is 0 Å². The monoisotopic (exact) mass is 382 g/mol. The van der Waals surface area contributed by atoms with Crippen LogP contribution in [-0.2, 0) is 19.6 Å². The van der Waals surface area contributed by atoms with Gasteiger partial charge < -0.3 is 10.1 Å². The molecule has 1 fully saturated rings. The number of nitrogens with one attached hydrogen (secondary N) is 1. The van der Waals surface area contributed by atoms with Crippen LogP contribution in [-0.4, -0.2) is 44.9 Å². The van der Waals surface area contributed by atoms with Crippen LogP contribution >= 0.6 is 0 Å². The van der Waals surface area contributed by atoms with Gasteiger partial charge >= 0.3 is 0 Å². The number of hydrogen-bond acceptors (Lipinski definition) is 4. The zero-order chi connectivity index (χ0) is 19.2. The Morgan fingerprint density at radius 1 is 1.19 bits per heavy atom. The molecule has 26 heavy (non-hydrogen) atoms. The number of rotatable bonds is 8. The molecule has 2 atom stereocenters. The van der Waals surface area contributed by atoms with Gasteiger partial charge in [0.2, 0.25) is 15.9 Å². The molecule has 0 aliphatic carbocycles. The van der Waals surface area contributed by atoms with Crippen LogP contribution in [0.2, 0.25) is 0 Å². The van der Waals surface area contributed by atoms with Gasteiger partial charge in [0.15, 0.2) is 0 Å². The van der Waals surface area contributed by atoms with Gasteiger partial charge in [0.1, 0.15) is 0 Å². The summed E-state index contributed by atoms with van der Waals surface area (Å²) in [6, 6.07) is 6.42. The summed E-state index contributed by atoms with van der Waals surface area (Å²) in [4.78, 5) is 12.2. The summed E-state index contributed by atoms with van der Waals surface area (Å²) in [5.41, 5.74) is 0.603. The molecule has 2 rings (SSSR count). The second-order valence-corrected chi connectivity index (χ2v) is 9.08. The van der Waals surface area contributed by atoms with E-state index < -0.39 is 10.0 Å².